The SMILES string of the molecule is C[C@@H]1c2c([nH]c3ccccc23)[C@@H]2[C@H]1[C@H]1C=C[C@@H]2C1. The van der Waals surface area contributed by atoms with Gasteiger partial charge in [-0.1, -0.05) is 37.3 Å². The van der Waals surface area contributed by atoms with Crippen molar-refractivity contribution >= 4 is 10.9 Å². The van der Waals surface area contributed by atoms with E-state index in [-0.39, 0.29) is 0 Å². The summed E-state index contributed by atoms with van der Waals surface area (Å²) in [5, 5.41) is 1.47. The van der Waals surface area contributed by atoms with E-state index in [1.165, 1.54) is 17.3 Å². The fourth-order valence-corrected chi connectivity index (χ4v) is 5.08. The zero-order chi connectivity index (χ0) is 11.9. The van der Waals surface area contributed by atoms with E-state index in [4.69, 9.17) is 0 Å². The predicted octanol–water partition coefficient (Wildman–Crippen LogP) is 4.19. The molecule has 1 aromatic heterocycles. The maximum absolute atomic E-state index is 3.73. The number of hydrogen-bond donors (Lipinski definition) is 1. The number of H-pyrrole nitrogens is 1. The molecule has 0 amide bonds. The van der Waals surface area contributed by atoms with Crippen LogP contribution in [0.3, 0.4) is 0 Å². The van der Waals surface area contributed by atoms with Crippen LogP contribution in [-0.4, -0.2) is 4.98 Å². The standard InChI is InChI=1S/C17H17N/c1-9-14-10-6-7-11(8-10)16(14)17-15(9)12-4-2-3-5-13(12)18-17/h2-7,9-11,14,16,18H,8H2,1H3/t9-,10-,11+,14+,16-/m0/s1. The summed E-state index contributed by atoms with van der Waals surface area (Å²) in [5.41, 5.74) is 4.52. The molecule has 0 radical (unpaired) electrons. The monoisotopic (exact) mass is 235 g/mol. The van der Waals surface area contributed by atoms with Gasteiger partial charge in [0.2, 0.25) is 0 Å². The number of nitrogens with one attached hydrogen (secondary N) is 1. The normalized spacial score (nSPS) is 39.5. The molecule has 2 aromatic rings. The lowest BCUT2D eigenvalue weighted by molar-refractivity contribution is 0.373. The molecule has 3 aliphatic rings. The van der Waals surface area contributed by atoms with Gasteiger partial charge in [0, 0.05) is 22.5 Å². The molecule has 2 bridgehead atoms. The van der Waals surface area contributed by atoms with E-state index in [1.54, 1.807) is 11.3 Å². The molecule has 1 heteroatoms. The summed E-state index contributed by atoms with van der Waals surface area (Å²) in [6.45, 7) is 2.44. The van der Waals surface area contributed by atoms with E-state index in [9.17, 15) is 0 Å². The first-order valence-corrected chi connectivity index (χ1v) is 7.13. The minimum atomic E-state index is 0.723. The van der Waals surface area contributed by atoms with Crippen LogP contribution in [0.15, 0.2) is 36.4 Å². The fraction of sp³-hybridized carbons (Fsp3) is 0.412. The molecule has 1 fully saturated rings. The van der Waals surface area contributed by atoms with E-state index in [2.05, 4.69) is 48.3 Å². The molecule has 18 heavy (non-hydrogen) atoms. The lowest BCUT2D eigenvalue weighted by atomic mass is 9.80. The molecule has 0 spiro atoms. The van der Waals surface area contributed by atoms with Crippen molar-refractivity contribution in [3.8, 4) is 0 Å². The van der Waals surface area contributed by atoms with Crippen LogP contribution in [0, 0.1) is 17.8 Å². The average molecular weight is 235 g/mol. The largest absolute Gasteiger partial charge is 0.358 e. The minimum absolute atomic E-state index is 0.723. The average Bonchev–Trinajstić information content (AvgIpc) is 3.10. The second-order valence-electron chi connectivity index (χ2n) is 6.34. The molecule has 1 saturated carbocycles. The molecule has 0 aliphatic heterocycles. The molecule has 0 saturated heterocycles. The van der Waals surface area contributed by atoms with Crippen molar-refractivity contribution in [1.82, 2.24) is 4.98 Å². The van der Waals surface area contributed by atoms with Crippen molar-refractivity contribution in [2.24, 2.45) is 17.8 Å². The third-order valence-corrected chi connectivity index (χ3v) is 5.66. The van der Waals surface area contributed by atoms with Crippen LogP contribution in [0.25, 0.3) is 10.9 Å². The molecule has 1 N–H and O–H groups in total. The van der Waals surface area contributed by atoms with Crippen LogP contribution in [0.4, 0.5) is 0 Å². The topological polar surface area (TPSA) is 15.8 Å². The number of fused-ring (bicyclic) bond motifs is 9. The van der Waals surface area contributed by atoms with E-state index >= 15 is 0 Å². The van der Waals surface area contributed by atoms with Crippen LogP contribution in [-0.2, 0) is 0 Å². The molecular weight excluding hydrogens is 218 g/mol. The summed E-state index contributed by atoms with van der Waals surface area (Å²) in [6, 6.07) is 8.82. The first kappa shape index (κ1) is 9.43. The Morgan fingerprint density at radius 1 is 1.11 bits per heavy atom. The number of aromatic amines is 1. The zero-order valence-electron chi connectivity index (χ0n) is 10.6. The number of para-hydroxylation sites is 1. The lowest BCUT2D eigenvalue weighted by Crippen LogP contribution is -2.16. The summed E-state index contributed by atoms with van der Waals surface area (Å²) < 4.78 is 0. The van der Waals surface area contributed by atoms with Crippen LogP contribution in [0.5, 0.6) is 0 Å². The van der Waals surface area contributed by atoms with Crippen molar-refractivity contribution in [3.05, 3.63) is 47.7 Å². The Kier molecular flexibility index (Phi) is 1.52. The summed E-state index contributed by atoms with van der Waals surface area (Å²) in [6.07, 6.45) is 6.35. The number of rotatable bonds is 0. The first-order valence-electron chi connectivity index (χ1n) is 7.13. The van der Waals surface area contributed by atoms with Gasteiger partial charge in [0.05, 0.1) is 0 Å². The zero-order valence-corrected chi connectivity index (χ0v) is 10.6. The predicted molar refractivity (Wildman–Crippen MR) is 73.7 cm³/mol. The smallest absolute Gasteiger partial charge is 0.0459 e. The van der Waals surface area contributed by atoms with Crippen molar-refractivity contribution in [3.63, 3.8) is 0 Å². The molecule has 90 valence electrons. The van der Waals surface area contributed by atoms with Crippen molar-refractivity contribution in [2.75, 3.05) is 0 Å². The summed E-state index contributed by atoms with van der Waals surface area (Å²) in [4.78, 5) is 3.73. The third kappa shape index (κ3) is 0.890. The van der Waals surface area contributed by atoms with Gasteiger partial charge in [0.25, 0.3) is 0 Å². The summed E-state index contributed by atoms with van der Waals surface area (Å²) in [7, 11) is 0. The van der Waals surface area contributed by atoms with Gasteiger partial charge in [0.1, 0.15) is 0 Å². The maximum Gasteiger partial charge on any atom is 0.0459 e. The van der Waals surface area contributed by atoms with E-state index in [0.717, 1.165) is 29.6 Å². The van der Waals surface area contributed by atoms with E-state index < -0.39 is 0 Å². The molecular formula is C17H17N. The highest BCUT2D eigenvalue weighted by atomic mass is 14.8. The second-order valence-corrected chi connectivity index (χ2v) is 6.34. The Morgan fingerprint density at radius 2 is 1.94 bits per heavy atom. The van der Waals surface area contributed by atoms with Gasteiger partial charge in [-0.2, -0.15) is 0 Å². The van der Waals surface area contributed by atoms with Crippen molar-refractivity contribution in [1.29, 1.82) is 0 Å². The highest BCUT2D eigenvalue weighted by Crippen LogP contribution is 2.63. The maximum atomic E-state index is 3.73. The van der Waals surface area contributed by atoms with Crippen LogP contribution < -0.4 is 0 Å². The number of hydrogen-bond acceptors (Lipinski definition) is 0. The van der Waals surface area contributed by atoms with Gasteiger partial charge in [-0.15, -0.1) is 0 Å². The van der Waals surface area contributed by atoms with Gasteiger partial charge in [0.15, 0.2) is 0 Å². The molecule has 1 aromatic carbocycles. The number of allylic oxidation sites excluding steroid dienone is 2. The Balaban J connectivity index is 1.81. The molecule has 1 nitrogen and oxygen atoms in total. The Bertz CT molecular complexity index is 678. The van der Waals surface area contributed by atoms with Gasteiger partial charge in [-0.25, -0.2) is 0 Å². The highest BCUT2D eigenvalue weighted by molar-refractivity contribution is 5.86. The quantitative estimate of drug-likeness (QED) is 0.659. The van der Waals surface area contributed by atoms with Crippen molar-refractivity contribution < 1.29 is 0 Å². The van der Waals surface area contributed by atoms with Crippen LogP contribution >= 0.6 is 0 Å². The van der Waals surface area contributed by atoms with Gasteiger partial charge in [-0.3, -0.25) is 0 Å². The lowest BCUT2D eigenvalue weighted by Gasteiger charge is -2.24. The molecule has 3 aliphatic carbocycles. The Hall–Kier alpha value is -1.50. The molecule has 5 atom stereocenters. The second kappa shape index (κ2) is 2.90. The Morgan fingerprint density at radius 3 is 2.89 bits per heavy atom. The third-order valence-electron chi connectivity index (χ3n) is 5.66. The van der Waals surface area contributed by atoms with E-state index in [0.29, 0.717) is 0 Å². The number of aromatic nitrogens is 1. The first-order chi connectivity index (χ1) is 8.84. The fourth-order valence-electron chi connectivity index (χ4n) is 5.08. The van der Waals surface area contributed by atoms with Gasteiger partial charge >= 0.3 is 0 Å². The summed E-state index contributed by atoms with van der Waals surface area (Å²) in [5.74, 6) is 4.01. The van der Waals surface area contributed by atoms with Crippen LogP contribution in [0.1, 0.15) is 36.4 Å². The van der Waals surface area contributed by atoms with Crippen molar-refractivity contribution in [2.45, 2.75) is 25.2 Å². The van der Waals surface area contributed by atoms with Gasteiger partial charge in [-0.05, 0) is 41.7 Å². The molecule has 5 rings (SSSR count). The molecule has 1 heterocycles. The van der Waals surface area contributed by atoms with Gasteiger partial charge < -0.3 is 4.98 Å². The number of benzene rings is 1. The van der Waals surface area contributed by atoms with Crippen LogP contribution in [0.2, 0.25) is 0 Å². The summed E-state index contributed by atoms with van der Waals surface area (Å²) >= 11 is 0. The highest BCUT2D eigenvalue weighted by Gasteiger charge is 2.53. The molecule has 0 unspecified atom stereocenters. The van der Waals surface area contributed by atoms with E-state index in [1.807, 2.05) is 0 Å². The minimum Gasteiger partial charge on any atom is -0.358 e. The Labute approximate surface area is 107 Å².